The predicted molar refractivity (Wildman–Crippen MR) is 57.2 cm³/mol. The maximum atomic E-state index is 9.22. The van der Waals surface area contributed by atoms with Crippen LogP contribution >= 0.6 is 0 Å². The van der Waals surface area contributed by atoms with Gasteiger partial charge in [-0.25, -0.2) is 0 Å². The van der Waals surface area contributed by atoms with E-state index in [0.29, 0.717) is 0 Å². The van der Waals surface area contributed by atoms with Crippen molar-refractivity contribution in [1.82, 2.24) is 0 Å². The summed E-state index contributed by atoms with van der Waals surface area (Å²) in [6, 6.07) is -0.0822. The molecule has 0 aromatic rings. The number of nitrogens with zero attached hydrogens (tertiary/aromatic N) is 1. The van der Waals surface area contributed by atoms with Crippen LogP contribution in [0.1, 0.15) is 58.8 Å². The van der Waals surface area contributed by atoms with E-state index < -0.39 is 4.81 Å². The lowest BCUT2D eigenvalue weighted by atomic mass is 10.1. The van der Waals surface area contributed by atoms with Crippen LogP contribution in [0.15, 0.2) is 0 Å². The van der Waals surface area contributed by atoms with E-state index in [1.807, 2.05) is 6.92 Å². The summed E-state index contributed by atoms with van der Waals surface area (Å²) in [5, 5.41) is 18.4. The van der Waals surface area contributed by atoms with Crippen LogP contribution in [-0.2, 0) is 0 Å². The monoisotopic (exact) mass is 239 g/mol. The number of hydrogen-bond donors (Lipinski definition) is 2. The number of unbranched alkanes of at least 4 members (excludes halogenated alkanes) is 5. The van der Waals surface area contributed by atoms with Crippen molar-refractivity contribution in [1.29, 1.82) is 0 Å². The first kappa shape index (κ1) is 17.6. The molecular formula is C11H26ClNO2. The maximum absolute atomic E-state index is 9.22. The van der Waals surface area contributed by atoms with Gasteiger partial charge >= 0.3 is 0 Å². The Balaban J connectivity index is 0. The normalized spacial score (nSPS) is 13.4. The van der Waals surface area contributed by atoms with Crippen molar-refractivity contribution in [2.75, 3.05) is 7.05 Å². The predicted octanol–water partition coefficient (Wildman–Crippen LogP) is 0.355. The van der Waals surface area contributed by atoms with Gasteiger partial charge in [-0.2, -0.15) is 10.4 Å². The second-order valence-corrected chi connectivity index (χ2v) is 4.38. The average Bonchev–Trinajstić information content (AvgIpc) is 2.09. The van der Waals surface area contributed by atoms with Gasteiger partial charge in [-0.05, 0) is 18.2 Å². The highest BCUT2D eigenvalue weighted by molar-refractivity contribution is 4.49. The highest BCUT2D eigenvalue weighted by atomic mass is 35.5. The summed E-state index contributed by atoms with van der Waals surface area (Å²) >= 11 is 0. The van der Waals surface area contributed by atoms with Crippen LogP contribution < -0.4 is 12.4 Å². The van der Waals surface area contributed by atoms with Gasteiger partial charge < -0.3 is 12.4 Å². The Morgan fingerprint density at radius 1 is 1.00 bits per heavy atom. The van der Waals surface area contributed by atoms with Crippen LogP contribution in [0, 0.1) is 0 Å². The molecule has 0 heterocycles. The van der Waals surface area contributed by atoms with Crippen molar-refractivity contribution in [3.63, 3.8) is 0 Å². The lowest BCUT2D eigenvalue weighted by Crippen LogP contribution is -3.00. The standard InChI is InChI=1S/C11H26NO2.ClH/c1-4-5-6-7-8-9-10-11(2)12(3,13)14;/h11,13-14H,4-10H2,1-3H3;1H/q+1;/p-1. The molecule has 0 aliphatic rings. The molecule has 0 aliphatic carbocycles. The van der Waals surface area contributed by atoms with E-state index in [1.54, 1.807) is 0 Å². The topological polar surface area (TPSA) is 40.5 Å². The highest BCUT2D eigenvalue weighted by Crippen LogP contribution is 2.12. The molecule has 94 valence electrons. The Labute approximate surface area is 100 Å². The number of halogens is 1. The molecular weight excluding hydrogens is 214 g/mol. The fourth-order valence-corrected chi connectivity index (χ4v) is 1.46. The summed E-state index contributed by atoms with van der Waals surface area (Å²) in [5.74, 6) is 0. The lowest BCUT2D eigenvalue weighted by Gasteiger charge is -2.23. The molecule has 0 aromatic heterocycles. The molecule has 4 heteroatoms. The van der Waals surface area contributed by atoms with Crippen molar-refractivity contribution in [2.45, 2.75) is 64.8 Å². The molecule has 0 saturated carbocycles. The third kappa shape index (κ3) is 10.5. The van der Waals surface area contributed by atoms with Gasteiger partial charge in [0.15, 0.2) is 0 Å². The number of quaternary nitrogens is 1. The van der Waals surface area contributed by atoms with Gasteiger partial charge in [-0.15, -0.1) is 0 Å². The van der Waals surface area contributed by atoms with Gasteiger partial charge in [0.1, 0.15) is 13.1 Å². The van der Waals surface area contributed by atoms with Gasteiger partial charge in [0.25, 0.3) is 0 Å². The van der Waals surface area contributed by atoms with Crippen LogP contribution in [-0.4, -0.2) is 28.3 Å². The molecule has 0 amide bonds. The van der Waals surface area contributed by atoms with Crippen molar-refractivity contribution < 1.29 is 27.6 Å². The van der Waals surface area contributed by atoms with Crippen molar-refractivity contribution in [2.24, 2.45) is 0 Å². The molecule has 0 fully saturated rings. The lowest BCUT2D eigenvalue weighted by molar-refractivity contribution is -1.25. The van der Waals surface area contributed by atoms with Gasteiger partial charge in [-0.3, -0.25) is 0 Å². The molecule has 0 rings (SSSR count). The molecule has 1 unspecified atom stereocenters. The van der Waals surface area contributed by atoms with Gasteiger partial charge in [0.2, 0.25) is 0 Å². The minimum atomic E-state index is -0.894. The molecule has 15 heavy (non-hydrogen) atoms. The zero-order chi connectivity index (χ0) is 11.0. The third-order valence-electron chi connectivity index (χ3n) is 2.81. The van der Waals surface area contributed by atoms with E-state index in [0.717, 1.165) is 12.8 Å². The molecule has 3 nitrogen and oxygen atoms in total. The summed E-state index contributed by atoms with van der Waals surface area (Å²) in [7, 11) is 1.40. The van der Waals surface area contributed by atoms with Crippen molar-refractivity contribution >= 4 is 0 Å². The Hall–Kier alpha value is 0.170. The summed E-state index contributed by atoms with van der Waals surface area (Å²) in [6.45, 7) is 4.08. The van der Waals surface area contributed by atoms with Crippen LogP contribution in [0.2, 0.25) is 0 Å². The number of rotatable bonds is 8. The summed E-state index contributed by atoms with van der Waals surface area (Å²) in [5.41, 5.74) is 0. The Morgan fingerprint density at radius 2 is 1.47 bits per heavy atom. The third-order valence-corrected chi connectivity index (χ3v) is 2.81. The summed E-state index contributed by atoms with van der Waals surface area (Å²) in [6.07, 6.45) is 8.39. The maximum Gasteiger partial charge on any atom is 0.149 e. The first-order valence-corrected chi connectivity index (χ1v) is 5.80. The van der Waals surface area contributed by atoms with Crippen LogP contribution in [0.3, 0.4) is 0 Å². The van der Waals surface area contributed by atoms with Crippen LogP contribution in [0.4, 0.5) is 0 Å². The molecule has 2 N–H and O–H groups in total. The van der Waals surface area contributed by atoms with E-state index >= 15 is 0 Å². The van der Waals surface area contributed by atoms with E-state index in [4.69, 9.17) is 0 Å². The zero-order valence-corrected chi connectivity index (χ0v) is 11.0. The van der Waals surface area contributed by atoms with Crippen LogP contribution in [0.5, 0.6) is 0 Å². The van der Waals surface area contributed by atoms with Gasteiger partial charge in [0, 0.05) is 6.42 Å². The quantitative estimate of drug-likeness (QED) is 0.365. The van der Waals surface area contributed by atoms with E-state index in [2.05, 4.69) is 6.92 Å². The zero-order valence-electron chi connectivity index (χ0n) is 10.2. The first-order chi connectivity index (χ1) is 6.48. The van der Waals surface area contributed by atoms with E-state index in [9.17, 15) is 10.4 Å². The molecule has 0 aliphatic heterocycles. The van der Waals surface area contributed by atoms with Crippen LogP contribution in [0.25, 0.3) is 0 Å². The van der Waals surface area contributed by atoms with E-state index in [1.165, 1.54) is 39.2 Å². The minimum Gasteiger partial charge on any atom is -1.00 e. The largest absolute Gasteiger partial charge is 1.00 e. The Bertz CT molecular complexity index is 137. The SMILES string of the molecule is CCCCCCCCC(C)[N+](C)(O)O.[Cl-]. The Morgan fingerprint density at radius 3 is 1.93 bits per heavy atom. The molecule has 0 radical (unpaired) electrons. The molecule has 1 atom stereocenters. The van der Waals surface area contributed by atoms with Gasteiger partial charge in [-0.1, -0.05) is 39.0 Å². The van der Waals surface area contributed by atoms with E-state index in [-0.39, 0.29) is 18.4 Å². The first-order valence-electron chi connectivity index (χ1n) is 5.80. The second-order valence-electron chi connectivity index (χ2n) is 4.38. The molecule has 0 spiro atoms. The minimum absolute atomic E-state index is 0. The molecule has 0 bridgehead atoms. The van der Waals surface area contributed by atoms with Crippen molar-refractivity contribution in [3.8, 4) is 0 Å². The molecule has 0 aromatic carbocycles. The van der Waals surface area contributed by atoms with Gasteiger partial charge in [0.05, 0.1) is 0 Å². The summed E-state index contributed by atoms with van der Waals surface area (Å²) in [4.78, 5) is -0.894. The average molecular weight is 240 g/mol. The Kier molecular flexibility index (Phi) is 11.0. The van der Waals surface area contributed by atoms with Crippen molar-refractivity contribution in [3.05, 3.63) is 0 Å². The smallest absolute Gasteiger partial charge is 0.149 e. The fraction of sp³-hybridized carbons (Fsp3) is 1.00. The summed E-state index contributed by atoms with van der Waals surface area (Å²) < 4.78 is 0. The molecule has 0 saturated heterocycles. The number of hydroxylamine groups is 4. The second kappa shape index (κ2) is 9.40. The highest BCUT2D eigenvalue weighted by Gasteiger charge is 2.24. The number of hydrogen-bond acceptors (Lipinski definition) is 2. The fourth-order valence-electron chi connectivity index (χ4n) is 1.46.